The Labute approximate surface area is 150 Å². The molecule has 2 rings (SSSR count). The molecule has 1 aromatic carbocycles. The Morgan fingerprint density at radius 2 is 2.15 bits per heavy atom. The number of hydrogen-bond donors (Lipinski definition) is 4. The van der Waals surface area contributed by atoms with Crippen molar-refractivity contribution in [1.82, 2.24) is 5.32 Å². The van der Waals surface area contributed by atoms with Gasteiger partial charge < -0.3 is 25.4 Å². The van der Waals surface area contributed by atoms with E-state index in [1.807, 2.05) is 0 Å². The minimum atomic E-state index is -1.09. The summed E-state index contributed by atoms with van der Waals surface area (Å²) in [6.07, 6.45) is 1.08. The molecule has 1 saturated heterocycles. The number of rotatable bonds is 8. The van der Waals surface area contributed by atoms with E-state index in [4.69, 9.17) is 14.9 Å². The lowest BCUT2D eigenvalue weighted by atomic mass is 9.93. The summed E-state index contributed by atoms with van der Waals surface area (Å²) in [5.41, 5.74) is 0.120. The van der Waals surface area contributed by atoms with E-state index in [2.05, 4.69) is 5.32 Å². The van der Waals surface area contributed by atoms with E-state index in [1.54, 1.807) is 6.08 Å². The van der Waals surface area contributed by atoms with Crippen LogP contribution in [0, 0.1) is 11.6 Å². The lowest BCUT2D eigenvalue weighted by molar-refractivity contribution is -0.170. The third kappa shape index (κ3) is 5.57. The maximum absolute atomic E-state index is 13.6. The van der Waals surface area contributed by atoms with Crippen LogP contribution in [0.25, 0.3) is 6.08 Å². The smallest absolute Gasteiger partial charge is 0.332 e. The maximum Gasteiger partial charge on any atom is 0.332 e. The summed E-state index contributed by atoms with van der Waals surface area (Å²) in [6.45, 7) is 0.0499. The highest BCUT2D eigenvalue weighted by Crippen LogP contribution is 2.23. The predicted octanol–water partition coefficient (Wildman–Crippen LogP) is 1.31. The predicted molar refractivity (Wildman–Crippen MR) is 90.4 cm³/mol. The van der Waals surface area contributed by atoms with E-state index in [9.17, 15) is 18.7 Å². The zero-order valence-electron chi connectivity index (χ0n) is 14.1. The second kappa shape index (κ2) is 9.72. The van der Waals surface area contributed by atoms with E-state index < -0.39 is 35.9 Å². The number of aliphatic hydroxyl groups excluding tert-OH is 2. The molecule has 2 unspecified atom stereocenters. The molecule has 1 aromatic rings. The highest BCUT2D eigenvalue weighted by molar-refractivity contribution is 5.72. The van der Waals surface area contributed by atoms with Gasteiger partial charge in [0.05, 0.1) is 12.2 Å². The molecule has 0 radical (unpaired) electrons. The Morgan fingerprint density at radius 1 is 1.38 bits per heavy atom. The van der Waals surface area contributed by atoms with Gasteiger partial charge in [-0.05, 0) is 37.5 Å². The zero-order chi connectivity index (χ0) is 19.1. The van der Waals surface area contributed by atoms with Gasteiger partial charge in [-0.25, -0.2) is 13.6 Å². The Hall–Kier alpha value is -1.87. The van der Waals surface area contributed by atoms with Gasteiger partial charge in [0, 0.05) is 24.8 Å². The number of ether oxygens (including phenoxy) is 1. The number of carboxylic acids is 1. The summed E-state index contributed by atoms with van der Waals surface area (Å²) in [7, 11) is 0. The van der Waals surface area contributed by atoms with Gasteiger partial charge in [0.15, 0.2) is 6.10 Å². The fourth-order valence-electron chi connectivity index (χ4n) is 2.95. The van der Waals surface area contributed by atoms with E-state index in [0.29, 0.717) is 13.0 Å². The largest absolute Gasteiger partial charge is 0.479 e. The second-order valence-corrected chi connectivity index (χ2v) is 6.17. The molecule has 4 atom stereocenters. The molecule has 1 heterocycles. The fraction of sp³-hybridized carbons (Fsp3) is 0.500. The Morgan fingerprint density at radius 3 is 2.85 bits per heavy atom. The molecule has 1 aliphatic heterocycles. The number of benzene rings is 1. The number of aliphatic carboxylic acids is 1. The lowest BCUT2D eigenvalue weighted by Crippen LogP contribution is -2.54. The van der Waals surface area contributed by atoms with Crippen molar-refractivity contribution in [3.8, 4) is 0 Å². The van der Waals surface area contributed by atoms with Crippen molar-refractivity contribution in [3.05, 3.63) is 41.5 Å². The highest BCUT2D eigenvalue weighted by Gasteiger charge is 2.37. The molecule has 8 heteroatoms. The summed E-state index contributed by atoms with van der Waals surface area (Å²) in [6, 6.07) is 2.84. The van der Waals surface area contributed by atoms with Crippen molar-refractivity contribution in [1.29, 1.82) is 0 Å². The van der Waals surface area contributed by atoms with E-state index >= 15 is 0 Å². The van der Waals surface area contributed by atoms with Crippen LogP contribution in [-0.4, -0.2) is 58.8 Å². The van der Waals surface area contributed by atoms with Gasteiger partial charge >= 0.3 is 5.97 Å². The molecule has 0 amide bonds. The summed E-state index contributed by atoms with van der Waals surface area (Å²) in [5.74, 6) is -2.16. The number of carboxylic acid groups (broad SMARTS) is 1. The topological polar surface area (TPSA) is 99.0 Å². The van der Waals surface area contributed by atoms with Crippen molar-refractivity contribution >= 4 is 12.0 Å². The van der Waals surface area contributed by atoms with Gasteiger partial charge in [0.25, 0.3) is 0 Å². The third-order valence-electron chi connectivity index (χ3n) is 4.29. The second-order valence-electron chi connectivity index (χ2n) is 6.17. The first-order chi connectivity index (χ1) is 12.4. The molecular weight excluding hydrogens is 348 g/mol. The van der Waals surface area contributed by atoms with E-state index in [0.717, 1.165) is 18.2 Å². The van der Waals surface area contributed by atoms with Crippen molar-refractivity contribution in [3.63, 3.8) is 0 Å². The van der Waals surface area contributed by atoms with E-state index in [-0.39, 0.29) is 31.1 Å². The first-order valence-corrected chi connectivity index (χ1v) is 8.44. The summed E-state index contributed by atoms with van der Waals surface area (Å²) in [5, 5.41) is 31.3. The van der Waals surface area contributed by atoms with E-state index in [1.165, 1.54) is 6.08 Å². The molecule has 0 saturated carbocycles. The fourth-order valence-corrected chi connectivity index (χ4v) is 2.95. The number of hydrogen-bond acceptors (Lipinski definition) is 5. The standard InChI is InChI=1S/C18H23F2NO5/c19-12-3-4-13(20)11(10-12)2-1-8-21-14-5-6-16(18(24)25)26-17(14)15(23)7-9-22/h1-4,10,14-17,21-23H,5-9H2,(H,24,25)/b2-1+/t14-,15?,16?,17-/m1/s1. The quantitative estimate of drug-likeness (QED) is 0.550. The average Bonchev–Trinajstić information content (AvgIpc) is 2.61. The van der Waals surface area contributed by atoms with Gasteiger partial charge in [-0.2, -0.15) is 0 Å². The first kappa shape index (κ1) is 20.4. The van der Waals surface area contributed by atoms with Crippen molar-refractivity contribution in [2.75, 3.05) is 13.2 Å². The Balaban J connectivity index is 1.96. The maximum atomic E-state index is 13.6. The van der Waals surface area contributed by atoms with Crippen LogP contribution in [0.4, 0.5) is 8.78 Å². The molecule has 4 N–H and O–H groups in total. The van der Waals surface area contributed by atoms with Gasteiger partial charge in [-0.1, -0.05) is 12.2 Å². The molecule has 1 aliphatic rings. The van der Waals surface area contributed by atoms with Gasteiger partial charge in [-0.15, -0.1) is 0 Å². The highest BCUT2D eigenvalue weighted by atomic mass is 19.1. The molecule has 26 heavy (non-hydrogen) atoms. The van der Waals surface area contributed by atoms with Crippen molar-refractivity contribution in [2.45, 2.75) is 43.6 Å². The number of carbonyl (C=O) groups is 1. The van der Waals surface area contributed by atoms with Crippen LogP contribution in [-0.2, 0) is 9.53 Å². The van der Waals surface area contributed by atoms with Crippen LogP contribution >= 0.6 is 0 Å². The summed E-state index contributed by atoms with van der Waals surface area (Å²) < 4.78 is 32.2. The Bertz CT molecular complexity index is 640. The van der Waals surface area contributed by atoms with Crippen molar-refractivity contribution < 1.29 is 33.6 Å². The minimum absolute atomic E-state index is 0.0690. The molecular formula is C18H23F2NO5. The molecule has 0 aromatic heterocycles. The van der Waals surface area contributed by atoms with Crippen LogP contribution in [0.5, 0.6) is 0 Å². The summed E-state index contributed by atoms with van der Waals surface area (Å²) >= 11 is 0. The van der Waals surface area contributed by atoms with Gasteiger partial charge in [0.1, 0.15) is 11.6 Å². The van der Waals surface area contributed by atoms with Gasteiger partial charge in [-0.3, -0.25) is 0 Å². The van der Waals surface area contributed by atoms with Crippen LogP contribution in [0.1, 0.15) is 24.8 Å². The lowest BCUT2D eigenvalue weighted by Gasteiger charge is -2.37. The molecule has 0 aliphatic carbocycles. The third-order valence-corrected chi connectivity index (χ3v) is 4.29. The monoisotopic (exact) mass is 371 g/mol. The van der Waals surface area contributed by atoms with Crippen molar-refractivity contribution in [2.24, 2.45) is 0 Å². The number of halogens is 2. The number of nitrogens with one attached hydrogen (secondary N) is 1. The summed E-state index contributed by atoms with van der Waals surface area (Å²) in [4.78, 5) is 11.1. The molecule has 6 nitrogen and oxygen atoms in total. The Kier molecular flexibility index (Phi) is 7.65. The molecule has 0 bridgehead atoms. The molecule has 0 spiro atoms. The molecule has 144 valence electrons. The van der Waals surface area contributed by atoms with Crippen LogP contribution in [0.2, 0.25) is 0 Å². The normalized spacial score (nSPS) is 24.7. The number of aliphatic hydroxyl groups is 2. The van der Waals surface area contributed by atoms with Crippen LogP contribution in [0.3, 0.4) is 0 Å². The minimum Gasteiger partial charge on any atom is -0.479 e. The van der Waals surface area contributed by atoms with Gasteiger partial charge in [0.2, 0.25) is 0 Å². The zero-order valence-corrected chi connectivity index (χ0v) is 14.1. The van der Waals surface area contributed by atoms with Crippen LogP contribution < -0.4 is 5.32 Å². The van der Waals surface area contributed by atoms with Crippen LogP contribution in [0.15, 0.2) is 24.3 Å². The first-order valence-electron chi connectivity index (χ1n) is 8.44. The molecule has 1 fully saturated rings. The SMILES string of the molecule is O=C(O)C1CC[C@@H](NC/C=C/c2cc(F)ccc2F)[C@H](C(O)CCO)O1. The average molecular weight is 371 g/mol.